The van der Waals surface area contributed by atoms with Crippen molar-refractivity contribution in [2.24, 2.45) is 0 Å². The third kappa shape index (κ3) is 4.08. The summed E-state index contributed by atoms with van der Waals surface area (Å²) in [4.78, 5) is 11.7. The van der Waals surface area contributed by atoms with Crippen molar-refractivity contribution < 1.29 is 40.2 Å². The molecule has 0 aliphatic heterocycles. The lowest BCUT2D eigenvalue weighted by Crippen LogP contribution is -2.68. The Morgan fingerprint density at radius 2 is 1.68 bits per heavy atom. The fraction of sp³-hybridized carbons (Fsp3) is 0.462. The lowest BCUT2D eigenvalue weighted by molar-refractivity contribution is -0.191. The second kappa shape index (κ2) is 8.08. The third-order valence-corrected chi connectivity index (χ3v) is 5.73. The normalized spacial score (nSPS) is 12.4. The third-order valence-electron chi connectivity index (χ3n) is 2.94. The maximum absolute atomic E-state index is 14.5. The van der Waals surface area contributed by atoms with Gasteiger partial charge in [-0.3, -0.25) is 0 Å². The standard InChI is InChI=1S/C13H17F5N2O4Si/c1-9(2)24-25(22-3,23-4)13(15,16)20(18)12(21)19(17)11-8-6-5-7-10(11)14/h5-9H,1-4H3. The number of urea groups is 1. The zero-order valence-electron chi connectivity index (χ0n) is 13.8. The number of carbonyl (C=O) groups is 1. The number of amides is 2. The minimum absolute atomic E-state index is 0.765. The number of benzene rings is 1. The molecule has 0 radical (unpaired) electrons. The summed E-state index contributed by atoms with van der Waals surface area (Å²) in [7, 11) is -3.57. The molecule has 0 atom stereocenters. The van der Waals surface area contributed by atoms with Gasteiger partial charge in [-0.15, -0.1) is 5.12 Å². The van der Waals surface area contributed by atoms with Crippen molar-refractivity contribution in [1.82, 2.24) is 5.12 Å². The molecule has 0 heterocycles. The van der Waals surface area contributed by atoms with E-state index in [1.807, 2.05) is 0 Å². The molecule has 0 N–H and O–H groups in total. The van der Waals surface area contributed by atoms with Crippen LogP contribution in [0.25, 0.3) is 0 Å². The molecule has 0 aliphatic carbocycles. The molecule has 6 nitrogen and oxygen atoms in total. The van der Waals surface area contributed by atoms with Crippen molar-refractivity contribution in [2.75, 3.05) is 19.3 Å². The summed E-state index contributed by atoms with van der Waals surface area (Å²) in [6.07, 6.45) is -0.881. The van der Waals surface area contributed by atoms with Gasteiger partial charge in [-0.2, -0.15) is 8.78 Å². The molecule has 0 aliphatic rings. The molecule has 0 bridgehead atoms. The predicted molar refractivity (Wildman–Crippen MR) is 79.3 cm³/mol. The van der Waals surface area contributed by atoms with Gasteiger partial charge in [0, 0.05) is 20.3 Å². The molecule has 0 saturated carbocycles. The van der Waals surface area contributed by atoms with Crippen LogP contribution in [0, 0.1) is 5.82 Å². The fourth-order valence-electron chi connectivity index (χ4n) is 1.84. The molecule has 0 aromatic heterocycles. The molecule has 1 aromatic carbocycles. The Hall–Kier alpha value is -1.76. The first-order valence-corrected chi connectivity index (χ1v) is 8.62. The van der Waals surface area contributed by atoms with E-state index >= 15 is 0 Å². The summed E-state index contributed by atoms with van der Waals surface area (Å²) in [5.74, 6) is -1.25. The van der Waals surface area contributed by atoms with Crippen LogP contribution in [0.1, 0.15) is 13.8 Å². The number of carbonyl (C=O) groups excluding carboxylic acids is 1. The van der Waals surface area contributed by atoms with Gasteiger partial charge in [0.15, 0.2) is 0 Å². The quantitative estimate of drug-likeness (QED) is 0.310. The average Bonchev–Trinajstić information content (AvgIpc) is 2.57. The molecule has 25 heavy (non-hydrogen) atoms. The first-order chi connectivity index (χ1) is 11.5. The van der Waals surface area contributed by atoms with Crippen molar-refractivity contribution in [2.45, 2.75) is 25.6 Å². The highest BCUT2D eigenvalue weighted by molar-refractivity contribution is 6.63. The molecule has 0 saturated heterocycles. The second-order valence-electron chi connectivity index (χ2n) is 4.97. The number of alkyl halides is 2. The van der Waals surface area contributed by atoms with E-state index in [4.69, 9.17) is 4.43 Å². The van der Waals surface area contributed by atoms with Crippen molar-refractivity contribution in [3.63, 3.8) is 0 Å². The van der Waals surface area contributed by atoms with Crippen molar-refractivity contribution in [3.8, 4) is 0 Å². The second-order valence-corrected chi connectivity index (χ2v) is 7.73. The first-order valence-electron chi connectivity index (χ1n) is 6.90. The highest BCUT2D eigenvalue weighted by Crippen LogP contribution is 2.36. The Bertz CT molecular complexity index is 604. The van der Waals surface area contributed by atoms with Crippen LogP contribution in [-0.4, -0.2) is 46.0 Å². The largest absolute Gasteiger partial charge is 0.602 e. The van der Waals surface area contributed by atoms with Gasteiger partial charge in [0.05, 0.1) is 0 Å². The number of rotatable bonds is 7. The van der Waals surface area contributed by atoms with Gasteiger partial charge in [0.25, 0.3) is 0 Å². The van der Waals surface area contributed by atoms with Crippen LogP contribution in [-0.2, 0) is 13.3 Å². The topological polar surface area (TPSA) is 51.2 Å². The summed E-state index contributed by atoms with van der Waals surface area (Å²) in [6, 6.07) is 1.35. The Balaban J connectivity index is 3.19. The molecule has 0 fully saturated rings. The van der Waals surface area contributed by atoms with Crippen LogP contribution >= 0.6 is 0 Å². The van der Waals surface area contributed by atoms with E-state index in [0.717, 1.165) is 32.4 Å². The number of hydrogen-bond acceptors (Lipinski definition) is 4. The van der Waals surface area contributed by atoms with E-state index in [-0.39, 0.29) is 0 Å². The summed E-state index contributed by atoms with van der Waals surface area (Å²) in [5.41, 5.74) is -5.83. The Labute approximate surface area is 141 Å². The molecule has 0 unspecified atom stereocenters. The maximum Gasteiger partial charge on any atom is 0.602 e. The zero-order valence-corrected chi connectivity index (χ0v) is 14.8. The minimum atomic E-state index is -5.11. The molecular weight excluding hydrogens is 371 g/mol. The van der Waals surface area contributed by atoms with Crippen LogP contribution in [0.15, 0.2) is 24.3 Å². The number of hydrogen-bond donors (Lipinski definition) is 0. The van der Waals surface area contributed by atoms with Crippen LogP contribution in [0.5, 0.6) is 0 Å². The van der Waals surface area contributed by atoms with Crippen molar-refractivity contribution >= 4 is 20.5 Å². The number of halogens is 5. The van der Waals surface area contributed by atoms with Crippen LogP contribution in [0.4, 0.5) is 32.6 Å². The number of nitrogens with zero attached hydrogens (tertiary/aromatic N) is 2. The van der Waals surface area contributed by atoms with Crippen LogP contribution in [0.3, 0.4) is 0 Å². The summed E-state index contributed by atoms with van der Waals surface area (Å²) < 4.78 is 84.4. The Morgan fingerprint density at radius 1 is 1.16 bits per heavy atom. The average molecular weight is 388 g/mol. The number of anilines is 1. The molecular formula is C13H17F5N2O4Si. The number of para-hydroxylation sites is 1. The summed E-state index contributed by atoms with van der Waals surface area (Å²) in [6.45, 7) is 2.70. The van der Waals surface area contributed by atoms with E-state index in [9.17, 15) is 26.9 Å². The van der Waals surface area contributed by atoms with Gasteiger partial charge >= 0.3 is 20.5 Å². The van der Waals surface area contributed by atoms with Crippen LogP contribution < -0.4 is 5.12 Å². The lowest BCUT2D eigenvalue weighted by Gasteiger charge is -2.36. The fourth-order valence-corrected chi connectivity index (χ4v) is 3.79. The molecule has 12 heteroatoms. The van der Waals surface area contributed by atoms with E-state index in [0.29, 0.717) is 0 Å². The summed E-state index contributed by atoms with van der Waals surface area (Å²) >= 11 is 0. The van der Waals surface area contributed by atoms with Gasteiger partial charge in [0.1, 0.15) is 11.5 Å². The molecule has 1 aromatic rings. The smallest absolute Gasteiger partial charge is 0.372 e. The Morgan fingerprint density at radius 3 is 2.12 bits per heavy atom. The van der Waals surface area contributed by atoms with E-state index in [1.165, 1.54) is 19.9 Å². The predicted octanol–water partition coefficient (Wildman–Crippen LogP) is 3.61. The van der Waals surface area contributed by atoms with E-state index < -0.39 is 48.4 Å². The minimum Gasteiger partial charge on any atom is -0.372 e. The molecule has 142 valence electrons. The van der Waals surface area contributed by atoms with E-state index in [1.54, 1.807) is 0 Å². The van der Waals surface area contributed by atoms with Gasteiger partial charge < -0.3 is 13.3 Å². The molecule has 0 spiro atoms. The zero-order chi connectivity index (χ0) is 19.4. The van der Waals surface area contributed by atoms with Gasteiger partial charge in [-0.1, -0.05) is 26.2 Å². The molecule has 2 amide bonds. The lowest BCUT2D eigenvalue weighted by atomic mass is 10.3. The molecule has 1 rings (SSSR count). The highest BCUT2D eigenvalue weighted by atomic mass is 28.4. The SMILES string of the molecule is CO[Si](OC)(OC(C)C)C(F)(F)N(F)C(=O)N(F)c1ccccc1F. The van der Waals surface area contributed by atoms with E-state index in [2.05, 4.69) is 8.85 Å². The van der Waals surface area contributed by atoms with Crippen molar-refractivity contribution in [1.29, 1.82) is 0 Å². The van der Waals surface area contributed by atoms with Crippen molar-refractivity contribution in [3.05, 3.63) is 30.1 Å². The summed E-state index contributed by atoms with van der Waals surface area (Å²) in [5, 5.41) is -2.83. The van der Waals surface area contributed by atoms with Gasteiger partial charge in [-0.25, -0.2) is 9.18 Å². The maximum atomic E-state index is 14.5. The Kier molecular flexibility index (Phi) is 6.88. The van der Waals surface area contributed by atoms with Gasteiger partial charge in [-0.05, 0) is 26.0 Å². The van der Waals surface area contributed by atoms with Crippen LogP contribution in [0.2, 0.25) is 0 Å². The van der Waals surface area contributed by atoms with Gasteiger partial charge in [0.2, 0.25) is 0 Å². The first kappa shape index (κ1) is 21.3. The highest BCUT2D eigenvalue weighted by Gasteiger charge is 2.71. The monoisotopic (exact) mass is 388 g/mol.